The molecule has 0 spiro atoms. The molecule has 29 heavy (non-hydrogen) atoms. The summed E-state index contributed by atoms with van der Waals surface area (Å²) in [5.74, 6) is 0.206. The average molecular weight is 428 g/mol. The van der Waals surface area contributed by atoms with Crippen molar-refractivity contribution in [3.05, 3.63) is 68.6 Å². The summed E-state index contributed by atoms with van der Waals surface area (Å²) in [4.78, 5) is 18.5. The van der Waals surface area contributed by atoms with Gasteiger partial charge in [-0.2, -0.15) is 9.61 Å². The second kappa shape index (κ2) is 6.97. The first-order valence-corrected chi connectivity index (χ1v) is 10.3. The molecule has 0 amide bonds. The normalized spacial score (nSPS) is 15.4. The number of hydrogen-bond donors (Lipinski definition) is 2. The van der Waals surface area contributed by atoms with Crippen molar-refractivity contribution in [1.82, 2.24) is 14.6 Å². The highest BCUT2D eigenvalue weighted by atomic mass is 35.5. The van der Waals surface area contributed by atoms with Crippen LogP contribution in [0.3, 0.4) is 0 Å². The number of H-pyrrole nitrogens is 1. The molecule has 6 nitrogen and oxygen atoms in total. The molecule has 1 saturated heterocycles. The largest absolute Gasteiger partial charge is 0.394 e. The van der Waals surface area contributed by atoms with E-state index in [0.29, 0.717) is 27.3 Å². The molecule has 3 N–H and O–H groups in total. The SMILES string of the molecule is Nc1c(C2CCN(c3ccc(Cl)cc3)CC2)nn2c(=O)c3cc(Cl)ccc3[nH]c12. The van der Waals surface area contributed by atoms with Crippen molar-refractivity contribution in [3.8, 4) is 0 Å². The fourth-order valence-corrected chi connectivity index (χ4v) is 4.42. The molecule has 5 rings (SSSR count). The van der Waals surface area contributed by atoms with Gasteiger partial charge in [0.2, 0.25) is 0 Å². The molecule has 1 aliphatic rings. The molecule has 0 saturated carbocycles. The van der Waals surface area contributed by atoms with E-state index in [1.807, 2.05) is 24.3 Å². The molecule has 0 aliphatic carbocycles. The smallest absolute Gasteiger partial charge is 0.282 e. The summed E-state index contributed by atoms with van der Waals surface area (Å²) in [6.45, 7) is 1.79. The van der Waals surface area contributed by atoms with Gasteiger partial charge in [-0.3, -0.25) is 4.79 Å². The molecule has 3 heterocycles. The summed E-state index contributed by atoms with van der Waals surface area (Å²) >= 11 is 12.0. The highest BCUT2D eigenvalue weighted by Crippen LogP contribution is 2.34. The number of rotatable bonds is 2. The van der Waals surface area contributed by atoms with Crippen LogP contribution in [0.1, 0.15) is 24.5 Å². The molecule has 0 bridgehead atoms. The van der Waals surface area contributed by atoms with Crippen molar-refractivity contribution >= 4 is 51.1 Å². The van der Waals surface area contributed by atoms with E-state index in [0.717, 1.165) is 42.3 Å². The lowest BCUT2D eigenvalue weighted by Gasteiger charge is -2.33. The monoisotopic (exact) mass is 427 g/mol. The number of aromatic nitrogens is 3. The summed E-state index contributed by atoms with van der Waals surface area (Å²) in [7, 11) is 0. The summed E-state index contributed by atoms with van der Waals surface area (Å²) < 4.78 is 1.37. The maximum absolute atomic E-state index is 12.9. The Kier molecular flexibility index (Phi) is 4.41. The number of anilines is 2. The van der Waals surface area contributed by atoms with Crippen LogP contribution in [-0.4, -0.2) is 27.7 Å². The van der Waals surface area contributed by atoms with Gasteiger partial charge >= 0.3 is 0 Å². The zero-order valence-corrected chi connectivity index (χ0v) is 17.0. The Morgan fingerprint density at radius 3 is 2.45 bits per heavy atom. The van der Waals surface area contributed by atoms with Crippen LogP contribution in [0.2, 0.25) is 10.0 Å². The first kappa shape index (κ1) is 18.3. The number of nitrogens with zero attached hydrogens (tertiary/aromatic N) is 3. The van der Waals surface area contributed by atoms with Gasteiger partial charge in [0.25, 0.3) is 5.56 Å². The quantitative estimate of drug-likeness (QED) is 0.495. The van der Waals surface area contributed by atoms with Gasteiger partial charge in [-0.25, -0.2) is 0 Å². The van der Waals surface area contributed by atoms with Crippen molar-refractivity contribution in [3.63, 3.8) is 0 Å². The van der Waals surface area contributed by atoms with E-state index in [9.17, 15) is 4.79 Å². The lowest BCUT2D eigenvalue weighted by Crippen LogP contribution is -2.33. The van der Waals surface area contributed by atoms with Crippen molar-refractivity contribution in [2.45, 2.75) is 18.8 Å². The van der Waals surface area contributed by atoms with Crippen LogP contribution >= 0.6 is 23.2 Å². The average Bonchev–Trinajstić information content (AvgIpc) is 3.06. The van der Waals surface area contributed by atoms with Crippen LogP contribution in [-0.2, 0) is 0 Å². The number of nitrogens with one attached hydrogen (secondary N) is 1. The van der Waals surface area contributed by atoms with E-state index in [2.05, 4.69) is 15.0 Å². The van der Waals surface area contributed by atoms with E-state index in [4.69, 9.17) is 28.9 Å². The lowest BCUT2D eigenvalue weighted by molar-refractivity contribution is 0.495. The van der Waals surface area contributed by atoms with Gasteiger partial charge in [0.05, 0.1) is 22.3 Å². The number of nitrogen functional groups attached to an aromatic ring is 1. The van der Waals surface area contributed by atoms with Crippen molar-refractivity contribution in [2.24, 2.45) is 0 Å². The Hall–Kier alpha value is -2.70. The minimum atomic E-state index is -0.215. The highest BCUT2D eigenvalue weighted by molar-refractivity contribution is 6.31. The van der Waals surface area contributed by atoms with Gasteiger partial charge in [-0.1, -0.05) is 23.2 Å². The summed E-state index contributed by atoms with van der Waals surface area (Å²) in [6, 6.07) is 13.1. The number of halogens is 2. The second-order valence-electron chi connectivity index (χ2n) is 7.42. The van der Waals surface area contributed by atoms with E-state index in [-0.39, 0.29) is 11.5 Å². The van der Waals surface area contributed by atoms with Crippen molar-refractivity contribution < 1.29 is 0 Å². The van der Waals surface area contributed by atoms with Crippen molar-refractivity contribution in [2.75, 3.05) is 23.7 Å². The Balaban J connectivity index is 1.47. The molecule has 0 atom stereocenters. The van der Waals surface area contributed by atoms with Crippen LogP contribution in [0.4, 0.5) is 11.4 Å². The topological polar surface area (TPSA) is 79.4 Å². The molecule has 0 radical (unpaired) electrons. The Morgan fingerprint density at radius 1 is 1.03 bits per heavy atom. The van der Waals surface area contributed by atoms with Gasteiger partial charge in [0, 0.05) is 34.7 Å². The maximum Gasteiger partial charge on any atom is 0.282 e. The van der Waals surface area contributed by atoms with Crippen LogP contribution in [0.5, 0.6) is 0 Å². The Bertz CT molecular complexity index is 1270. The first-order chi connectivity index (χ1) is 14.0. The predicted molar refractivity (Wildman–Crippen MR) is 118 cm³/mol. The number of aromatic amines is 1. The molecule has 148 valence electrons. The van der Waals surface area contributed by atoms with Gasteiger partial charge in [0.15, 0.2) is 5.65 Å². The zero-order chi connectivity index (χ0) is 20.1. The van der Waals surface area contributed by atoms with Gasteiger partial charge in [-0.05, 0) is 55.3 Å². The minimum Gasteiger partial charge on any atom is -0.394 e. The number of nitrogens with two attached hydrogens (primary N) is 1. The molecule has 2 aromatic carbocycles. The summed E-state index contributed by atoms with van der Waals surface area (Å²) in [5, 5.41) is 6.34. The van der Waals surface area contributed by atoms with Crippen molar-refractivity contribution in [1.29, 1.82) is 0 Å². The van der Waals surface area contributed by atoms with Gasteiger partial charge in [-0.15, -0.1) is 0 Å². The predicted octanol–water partition coefficient (Wildman–Crippen LogP) is 4.45. The van der Waals surface area contributed by atoms with Gasteiger partial charge < -0.3 is 15.6 Å². The third-order valence-corrected chi connectivity index (χ3v) is 6.17. The number of piperidine rings is 1. The van der Waals surface area contributed by atoms with Crippen LogP contribution < -0.4 is 16.2 Å². The standard InChI is InChI=1S/C21H19Cl2N5O/c22-13-1-4-15(5-2-13)27-9-7-12(8-10-27)19-18(24)20-25-17-6-3-14(23)11-16(17)21(29)28(20)26-19/h1-6,11-12,25H,7-10,24H2. The number of hydrogen-bond acceptors (Lipinski definition) is 4. The number of fused-ring (bicyclic) bond motifs is 2. The fourth-order valence-electron chi connectivity index (χ4n) is 4.12. The molecule has 8 heteroatoms. The third kappa shape index (κ3) is 3.12. The highest BCUT2D eigenvalue weighted by Gasteiger charge is 2.26. The van der Waals surface area contributed by atoms with E-state index in [1.165, 1.54) is 4.52 Å². The van der Waals surface area contributed by atoms with E-state index < -0.39 is 0 Å². The molecule has 2 aromatic heterocycles. The fraction of sp³-hybridized carbons (Fsp3) is 0.238. The lowest BCUT2D eigenvalue weighted by atomic mass is 9.92. The van der Waals surface area contributed by atoms with Crippen LogP contribution in [0, 0.1) is 0 Å². The number of benzene rings is 2. The Morgan fingerprint density at radius 2 is 1.72 bits per heavy atom. The molecule has 1 aliphatic heterocycles. The van der Waals surface area contributed by atoms with Crippen LogP contribution in [0.15, 0.2) is 47.3 Å². The summed E-state index contributed by atoms with van der Waals surface area (Å²) in [5.41, 5.74) is 9.93. The molecular weight excluding hydrogens is 409 g/mol. The van der Waals surface area contributed by atoms with Crippen LogP contribution in [0.25, 0.3) is 16.6 Å². The third-order valence-electron chi connectivity index (χ3n) is 5.68. The first-order valence-electron chi connectivity index (χ1n) is 9.51. The molecule has 1 fully saturated rings. The molecular formula is C21H19Cl2N5O. The van der Waals surface area contributed by atoms with E-state index in [1.54, 1.807) is 18.2 Å². The molecule has 0 unspecified atom stereocenters. The summed E-state index contributed by atoms with van der Waals surface area (Å²) in [6.07, 6.45) is 1.83. The van der Waals surface area contributed by atoms with E-state index >= 15 is 0 Å². The van der Waals surface area contributed by atoms with Gasteiger partial charge in [0.1, 0.15) is 0 Å². The second-order valence-corrected chi connectivity index (χ2v) is 8.29. The molecule has 4 aromatic rings. The maximum atomic E-state index is 12.9. The minimum absolute atomic E-state index is 0.206. The zero-order valence-electron chi connectivity index (χ0n) is 15.5. The Labute approximate surface area is 176 Å².